The van der Waals surface area contributed by atoms with Crippen LogP contribution >= 0.6 is 0 Å². The fourth-order valence-corrected chi connectivity index (χ4v) is 2.77. The maximum Gasteiger partial charge on any atom is 0.0909 e. The number of hydrogen-bond donors (Lipinski definition) is 1. The lowest BCUT2D eigenvalue weighted by molar-refractivity contribution is -0.953. The molecule has 10 heavy (non-hydrogen) atoms. The molecule has 0 aromatic carbocycles. The normalized spacial score (nSPS) is 40.5. The monoisotopic (exact) mass is 141 g/mol. The molecule has 1 heterocycles. The Morgan fingerprint density at radius 2 is 2.00 bits per heavy atom. The molecule has 0 aromatic heterocycles. The maximum atomic E-state index is 5.93. The minimum Gasteiger partial charge on any atom is -0.327 e. The Hall–Kier alpha value is -0.0800. The van der Waals surface area contributed by atoms with Crippen LogP contribution < -0.4 is 5.73 Å². The van der Waals surface area contributed by atoms with E-state index in [-0.39, 0.29) is 0 Å². The van der Waals surface area contributed by atoms with Gasteiger partial charge in [-0.25, -0.2) is 0 Å². The average Bonchev–Trinajstić information content (AvgIpc) is 1.78. The topological polar surface area (TPSA) is 26.0 Å². The Morgan fingerprint density at radius 3 is 2.10 bits per heavy atom. The Morgan fingerprint density at radius 1 is 1.40 bits per heavy atom. The first kappa shape index (κ1) is 6.62. The summed E-state index contributed by atoms with van der Waals surface area (Å²) in [4.78, 5) is 0. The largest absolute Gasteiger partial charge is 0.327 e. The van der Waals surface area contributed by atoms with Gasteiger partial charge in [-0.2, -0.15) is 0 Å². The molecule has 2 nitrogen and oxygen atoms in total. The fourth-order valence-electron chi connectivity index (χ4n) is 2.77. The highest BCUT2D eigenvalue weighted by Gasteiger charge is 2.59. The molecule has 1 aliphatic carbocycles. The van der Waals surface area contributed by atoms with Crippen molar-refractivity contribution in [2.45, 2.75) is 18.9 Å². The molecular weight excluding hydrogens is 124 g/mol. The van der Waals surface area contributed by atoms with Crippen LogP contribution in [-0.4, -0.2) is 37.7 Å². The first-order chi connectivity index (χ1) is 4.54. The van der Waals surface area contributed by atoms with Crippen molar-refractivity contribution in [3.8, 4) is 0 Å². The minimum absolute atomic E-state index is 0.527. The minimum atomic E-state index is 0.527. The van der Waals surface area contributed by atoms with Crippen molar-refractivity contribution >= 4 is 0 Å². The van der Waals surface area contributed by atoms with Crippen LogP contribution in [0.1, 0.15) is 12.8 Å². The fraction of sp³-hybridized carbons (Fsp3) is 1.00. The van der Waals surface area contributed by atoms with Gasteiger partial charge in [0.25, 0.3) is 0 Å². The molecule has 0 amide bonds. The van der Waals surface area contributed by atoms with Crippen LogP contribution in [0.4, 0.5) is 0 Å². The average molecular weight is 141 g/mol. The Labute approximate surface area is 62.6 Å². The molecule has 1 saturated heterocycles. The van der Waals surface area contributed by atoms with Crippen LogP contribution in [0.2, 0.25) is 0 Å². The van der Waals surface area contributed by atoms with E-state index in [9.17, 15) is 0 Å². The molecule has 0 aromatic rings. The van der Waals surface area contributed by atoms with Gasteiger partial charge in [-0.3, -0.25) is 0 Å². The number of likely N-dealkylation sites (tertiary alicyclic amines) is 1. The third-order valence-corrected chi connectivity index (χ3v) is 3.23. The number of quaternary nitrogens is 1. The molecule has 1 aliphatic heterocycles. The van der Waals surface area contributed by atoms with Crippen molar-refractivity contribution in [1.29, 1.82) is 0 Å². The van der Waals surface area contributed by atoms with Crippen molar-refractivity contribution in [3.05, 3.63) is 0 Å². The van der Waals surface area contributed by atoms with E-state index in [1.165, 1.54) is 30.4 Å². The summed E-state index contributed by atoms with van der Waals surface area (Å²) >= 11 is 0. The lowest BCUT2D eigenvalue weighted by atomic mass is 9.59. The summed E-state index contributed by atoms with van der Waals surface area (Å²) in [5.41, 5.74) is 6.52. The molecule has 0 bridgehead atoms. The zero-order valence-electron chi connectivity index (χ0n) is 6.93. The summed E-state index contributed by atoms with van der Waals surface area (Å²) in [7, 11) is 4.58. The van der Waals surface area contributed by atoms with Gasteiger partial charge in [-0.05, 0) is 12.8 Å². The predicted octanol–water partition coefficient (Wildman–Crippen LogP) is 0.184. The smallest absolute Gasteiger partial charge is 0.0909 e. The molecule has 58 valence electrons. The first-order valence-corrected chi connectivity index (χ1v) is 4.12. The van der Waals surface area contributed by atoms with Gasteiger partial charge in [0.2, 0.25) is 0 Å². The highest BCUT2D eigenvalue weighted by Crippen LogP contribution is 2.49. The molecule has 2 N–H and O–H groups in total. The number of nitrogens with zero attached hydrogens (tertiary/aromatic N) is 1. The summed E-state index contributed by atoms with van der Waals surface area (Å²) < 4.78 is 1.19. The van der Waals surface area contributed by atoms with Gasteiger partial charge in [0.05, 0.1) is 32.6 Å². The summed E-state index contributed by atoms with van der Waals surface area (Å²) in [5, 5.41) is 0. The molecule has 1 unspecified atom stereocenters. The molecular formula is C8H17N2+. The molecule has 2 fully saturated rings. The number of rotatable bonds is 0. The van der Waals surface area contributed by atoms with Gasteiger partial charge in [-0.15, -0.1) is 0 Å². The van der Waals surface area contributed by atoms with Gasteiger partial charge < -0.3 is 10.2 Å². The SMILES string of the molecule is C[N+]1(C)CC2(CCC2N)C1. The quantitative estimate of drug-likeness (QED) is 0.479. The third kappa shape index (κ3) is 0.663. The third-order valence-electron chi connectivity index (χ3n) is 3.23. The predicted molar refractivity (Wildman–Crippen MR) is 41.5 cm³/mol. The molecule has 1 atom stereocenters. The Bertz CT molecular complexity index is 155. The van der Waals surface area contributed by atoms with Crippen LogP contribution in [0.3, 0.4) is 0 Å². The molecule has 2 aliphatic rings. The zero-order chi connectivity index (χ0) is 7.41. The molecule has 1 saturated carbocycles. The first-order valence-electron chi connectivity index (χ1n) is 4.12. The highest BCUT2D eigenvalue weighted by atomic mass is 15.4. The second-order valence-corrected chi connectivity index (χ2v) is 4.76. The molecule has 2 heteroatoms. The van der Waals surface area contributed by atoms with Crippen LogP contribution in [0.5, 0.6) is 0 Å². The van der Waals surface area contributed by atoms with E-state index in [2.05, 4.69) is 14.1 Å². The van der Waals surface area contributed by atoms with E-state index < -0.39 is 0 Å². The molecule has 1 spiro atoms. The second kappa shape index (κ2) is 1.56. The van der Waals surface area contributed by atoms with Gasteiger partial charge >= 0.3 is 0 Å². The maximum absolute atomic E-state index is 5.93. The summed E-state index contributed by atoms with van der Waals surface area (Å²) in [6.07, 6.45) is 2.65. The van der Waals surface area contributed by atoms with Crippen molar-refractivity contribution in [1.82, 2.24) is 0 Å². The van der Waals surface area contributed by atoms with E-state index in [1.807, 2.05) is 0 Å². The van der Waals surface area contributed by atoms with E-state index in [1.54, 1.807) is 0 Å². The lowest BCUT2D eigenvalue weighted by Gasteiger charge is -2.61. The van der Waals surface area contributed by atoms with Gasteiger partial charge in [0, 0.05) is 6.04 Å². The Balaban J connectivity index is 2.00. The standard InChI is InChI=1S/C8H17N2/c1-10(2)5-8(6-10)4-3-7(8)9/h7H,3-6,9H2,1-2H3/q+1. The Kier molecular flexibility index (Phi) is 1.03. The van der Waals surface area contributed by atoms with E-state index in [0.29, 0.717) is 11.5 Å². The van der Waals surface area contributed by atoms with Crippen molar-refractivity contribution in [2.75, 3.05) is 27.2 Å². The lowest BCUT2D eigenvalue weighted by Crippen LogP contribution is -2.74. The van der Waals surface area contributed by atoms with E-state index in [4.69, 9.17) is 5.73 Å². The molecule has 2 rings (SSSR count). The van der Waals surface area contributed by atoms with Crippen LogP contribution in [0.25, 0.3) is 0 Å². The van der Waals surface area contributed by atoms with Crippen LogP contribution in [0, 0.1) is 5.41 Å². The number of nitrogens with two attached hydrogens (primary N) is 1. The summed E-state index contributed by atoms with van der Waals surface area (Å²) in [6.45, 7) is 2.63. The summed E-state index contributed by atoms with van der Waals surface area (Å²) in [6, 6.07) is 0.527. The summed E-state index contributed by atoms with van der Waals surface area (Å²) in [5.74, 6) is 0. The van der Waals surface area contributed by atoms with Gasteiger partial charge in [0.1, 0.15) is 0 Å². The van der Waals surface area contributed by atoms with Crippen molar-refractivity contribution in [2.24, 2.45) is 11.1 Å². The van der Waals surface area contributed by atoms with Crippen molar-refractivity contribution < 1.29 is 4.48 Å². The number of hydrogen-bond acceptors (Lipinski definition) is 1. The van der Waals surface area contributed by atoms with E-state index >= 15 is 0 Å². The van der Waals surface area contributed by atoms with Crippen molar-refractivity contribution in [3.63, 3.8) is 0 Å². The van der Waals surface area contributed by atoms with Gasteiger partial charge in [-0.1, -0.05) is 0 Å². The zero-order valence-corrected chi connectivity index (χ0v) is 6.93. The highest BCUT2D eigenvalue weighted by molar-refractivity contribution is 5.02. The van der Waals surface area contributed by atoms with E-state index in [0.717, 1.165) is 0 Å². The second-order valence-electron chi connectivity index (χ2n) is 4.76. The van der Waals surface area contributed by atoms with Crippen LogP contribution in [0.15, 0.2) is 0 Å². The van der Waals surface area contributed by atoms with Crippen LogP contribution in [-0.2, 0) is 0 Å². The van der Waals surface area contributed by atoms with Gasteiger partial charge in [0.15, 0.2) is 0 Å². The molecule has 0 radical (unpaired) electrons.